The summed E-state index contributed by atoms with van der Waals surface area (Å²) in [5.41, 5.74) is 10.5. The molecule has 0 bridgehead atoms. The Bertz CT molecular complexity index is 4850. The molecule has 0 saturated heterocycles. The van der Waals surface area contributed by atoms with E-state index in [1.165, 1.54) is 0 Å². The van der Waals surface area contributed by atoms with Gasteiger partial charge in [0, 0.05) is 77.8 Å². The van der Waals surface area contributed by atoms with Crippen LogP contribution in [0.3, 0.4) is 0 Å². The summed E-state index contributed by atoms with van der Waals surface area (Å²) in [5, 5.41) is 8.48. The number of hydrogen-bond acceptors (Lipinski definition) is 6. The SMILES string of the molecule is c1ccc2c(c1)Oc1ccccc1C21c2cc(-n3c4ccccc4c4ccc5oc6ccccc6c5c43)oc2C2(c3ccccc3Oc3ccccc32)c2cc(-n3c4ccccc4c4ccc5oc6ccccc6c5c43)oc21. The Labute approximate surface area is 442 Å². The lowest BCUT2D eigenvalue weighted by atomic mass is 9.54. The van der Waals surface area contributed by atoms with Crippen LogP contribution in [0.2, 0.25) is 0 Å². The average molecular weight is 1000 g/mol. The third-order valence-corrected chi connectivity index (χ3v) is 17.3. The minimum absolute atomic E-state index is 0.646. The lowest BCUT2D eigenvalue weighted by Gasteiger charge is -2.48. The van der Waals surface area contributed by atoms with Crippen LogP contribution in [-0.2, 0) is 10.8 Å². The molecule has 6 aromatic heterocycles. The second-order valence-corrected chi connectivity index (χ2v) is 20.9. The smallest absolute Gasteiger partial charge is 0.205 e. The Morgan fingerprint density at radius 3 is 1.03 bits per heavy atom. The second-order valence-electron chi connectivity index (χ2n) is 20.9. The summed E-state index contributed by atoms with van der Waals surface area (Å²) >= 11 is 0. The summed E-state index contributed by atoms with van der Waals surface area (Å²) in [4.78, 5) is 0. The molecule has 1 aliphatic carbocycles. The van der Waals surface area contributed by atoms with Crippen LogP contribution in [0, 0.1) is 0 Å². The fourth-order valence-electron chi connectivity index (χ4n) is 14.4. The van der Waals surface area contributed by atoms with Gasteiger partial charge in [0.2, 0.25) is 11.8 Å². The largest absolute Gasteiger partial charge is 0.457 e. The summed E-state index contributed by atoms with van der Waals surface area (Å²) in [7, 11) is 0. The van der Waals surface area contributed by atoms with E-state index in [4.69, 9.17) is 27.1 Å². The van der Waals surface area contributed by atoms with Gasteiger partial charge in [-0.2, -0.15) is 0 Å². The van der Waals surface area contributed by atoms with Crippen molar-refractivity contribution in [1.82, 2.24) is 9.13 Å². The maximum Gasteiger partial charge on any atom is 0.205 e. The second kappa shape index (κ2) is 14.3. The van der Waals surface area contributed by atoms with Crippen LogP contribution in [0.15, 0.2) is 248 Å². The van der Waals surface area contributed by atoms with Crippen molar-refractivity contribution in [3.63, 3.8) is 0 Å². The Kier molecular flexibility index (Phi) is 7.48. The quantitative estimate of drug-likeness (QED) is 0.172. The molecule has 2 spiro atoms. The molecular weight excluding hydrogens is 965 g/mol. The molecule has 8 heteroatoms. The molecule has 0 saturated carbocycles. The van der Waals surface area contributed by atoms with Gasteiger partial charge in [0.25, 0.3) is 0 Å². The monoisotopic (exact) mass is 1000 g/mol. The fraction of sp³-hybridized carbons (Fsp3) is 0.0286. The molecule has 0 unspecified atom stereocenters. The number of para-hydroxylation sites is 8. The van der Waals surface area contributed by atoms with Gasteiger partial charge in [0.15, 0.2) is 0 Å². The summed E-state index contributed by atoms with van der Waals surface area (Å²) in [6.45, 7) is 0. The predicted molar refractivity (Wildman–Crippen MR) is 305 cm³/mol. The normalized spacial score (nSPS) is 14.6. The van der Waals surface area contributed by atoms with Crippen molar-refractivity contribution in [2.75, 3.05) is 0 Å². The first-order chi connectivity index (χ1) is 38.7. The molecule has 78 heavy (non-hydrogen) atoms. The van der Waals surface area contributed by atoms with Gasteiger partial charge in [0.1, 0.15) is 67.7 Å². The van der Waals surface area contributed by atoms with Gasteiger partial charge in [0.05, 0.1) is 32.8 Å². The first-order valence-electron chi connectivity index (χ1n) is 26.4. The van der Waals surface area contributed by atoms with Crippen LogP contribution in [0.1, 0.15) is 44.9 Å². The van der Waals surface area contributed by atoms with E-state index in [2.05, 4.69) is 191 Å². The van der Waals surface area contributed by atoms with Gasteiger partial charge in [-0.3, -0.25) is 9.13 Å². The van der Waals surface area contributed by atoms with E-state index in [-0.39, 0.29) is 0 Å². The highest BCUT2D eigenvalue weighted by Gasteiger charge is 2.63. The van der Waals surface area contributed by atoms with Crippen LogP contribution in [0.4, 0.5) is 0 Å². The number of ether oxygens (including phenoxy) is 2. The highest BCUT2D eigenvalue weighted by Crippen LogP contribution is 2.68. The van der Waals surface area contributed by atoms with Crippen molar-refractivity contribution >= 4 is 87.5 Å². The molecule has 8 heterocycles. The van der Waals surface area contributed by atoms with E-state index < -0.39 is 10.8 Å². The van der Waals surface area contributed by atoms with E-state index in [0.717, 1.165) is 155 Å². The van der Waals surface area contributed by atoms with Crippen molar-refractivity contribution in [1.29, 1.82) is 0 Å². The zero-order valence-corrected chi connectivity index (χ0v) is 41.3. The number of hydrogen-bond donors (Lipinski definition) is 0. The lowest BCUT2D eigenvalue weighted by molar-refractivity contribution is 0.348. The number of aromatic nitrogens is 2. The van der Waals surface area contributed by atoms with Gasteiger partial charge in [-0.1, -0.05) is 146 Å². The van der Waals surface area contributed by atoms with E-state index in [9.17, 15) is 0 Å². The molecule has 2 aliphatic heterocycles. The van der Waals surface area contributed by atoms with Crippen LogP contribution in [0.25, 0.3) is 99.3 Å². The Morgan fingerprint density at radius 2 is 0.615 bits per heavy atom. The summed E-state index contributed by atoms with van der Waals surface area (Å²) < 4.78 is 48.2. The molecule has 0 fully saturated rings. The van der Waals surface area contributed by atoms with Gasteiger partial charge in [-0.05, 0) is 72.8 Å². The number of benzene rings is 10. The molecule has 10 aromatic carbocycles. The first kappa shape index (κ1) is 40.9. The minimum atomic E-state index is -1.16. The van der Waals surface area contributed by atoms with Crippen LogP contribution in [-0.4, -0.2) is 9.13 Å². The van der Waals surface area contributed by atoms with Gasteiger partial charge in [-0.25, -0.2) is 0 Å². The average Bonchev–Trinajstić information content (AvgIpc) is 3.48. The van der Waals surface area contributed by atoms with Gasteiger partial charge < -0.3 is 27.1 Å². The maximum atomic E-state index is 8.14. The fourth-order valence-corrected chi connectivity index (χ4v) is 14.4. The van der Waals surface area contributed by atoms with E-state index in [1.54, 1.807) is 0 Å². The van der Waals surface area contributed by atoms with E-state index in [1.807, 2.05) is 48.5 Å². The molecule has 19 rings (SSSR count). The Hall–Kier alpha value is -10.4. The zero-order valence-electron chi connectivity index (χ0n) is 41.3. The van der Waals surface area contributed by atoms with Crippen LogP contribution >= 0.6 is 0 Å². The lowest BCUT2D eigenvalue weighted by Crippen LogP contribution is -2.46. The van der Waals surface area contributed by atoms with Crippen LogP contribution < -0.4 is 9.47 Å². The number of nitrogens with zero attached hydrogens (tertiary/aromatic N) is 2. The topological polar surface area (TPSA) is 80.9 Å². The minimum Gasteiger partial charge on any atom is -0.457 e. The number of furan rings is 4. The van der Waals surface area contributed by atoms with Gasteiger partial charge >= 0.3 is 0 Å². The van der Waals surface area contributed by atoms with Crippen LogP contribution in [0.5, 0.6) is 23.0 Å². The summed E-state index contributed by atoms with van der Waals surface area (Å²) in [6.07, 6.45) is 0. The molecule has 0 amide bonds. The molecule has 3 aliphatic rings. The van der Waals surface area contributed by atoms with Crippen molar-refractivity contribution in [2.45, 2.75) is 10.8 Å². The van der Waals surface area contributed by atoms with E-state index >= 15 is 0 Å². The molecule has 16 aromatic rings. The molecule has 8 nitrogen and oxygen atoms in total. The summed E-state index contributed by atoms with van der Waals surface area (Å²) in [6, 6.07) is 80.6. The highest BCUT2D eigenvalue weighted by atomic mass is 16.5. The first-order valence-corrected chi connectivity index (χ1v) is 26.4. The van der Waals surface area contributed by atoms with Gasteiger partial charge in [-0.15, -0.1) is 0 Å². The summed E-state index contributed by atoms with van der Waals surface area (Å²) in [5.74, 6) is 5.68. The molecule has 364 valence electrons. The third kappa shape index (κ3) is 4.76. The Balaban J connectivity index is 1.03. The Morgan fingerprint density at radius 1 is 0.269 bits per heavy atom. The molecule has 0 N–H and O–H groups in total. The maximum absolute atomic E-state index is 8.14. The van der Waals surface area contributed by atoms with Crippen molar-refractivity contribution in [2.24, 2.45) is 0 Å². The van der Waals surface area contributed by atoms with Crippen molar-refractivity contribution < 1.29 is 27.1 Å². The van der Waals surface area contributed by atoms with Crippen molar-refractivity contribution in [3.05, 3.63) is 275 Å². The molecular formula is C70H38N2O6. The number of rotatable bonds is 2. The standard InChI is InChI=1S/C70H38N2O6/c1-9-25-51-39(17-1)41-33-35-59-63(43-19-3-11-27-53(43)73-59)65(41)71(51)61-37-49-67(77-61)70(47-23-7-15-31-57(47)76-58-32-16-8-24-48(58)70)50-38-62(78-68(50)69(49)45-21-5-13-29-55(45)75-56-30-14-6-22-46(56)69)72-52-26-10-2-18-40(52)42-34-36-60-64(66(42)72)44-20-4-12-28-54(44)74-60/h1-38H. The van der Waals surface area contributed by atoms with Crippen molar-refractivity contribution in [3.8, 4) is 34.8 Å². The predicted octanol–water partition coefficient (Wildman–Crippen LogP) is 18.2. The molecule has 0 atom stereocenters. The molecule has 0 radical (unpaired) electrons. The highest BCUT2D eigenvalue weighted by molar-refractivity contribution is 6.26. The zero-order chi connectivity index (χ0) is 50.6. The number of fused-ring (bicyclic) bond motifs is 28. The van der Waals surface area contributed by atoms with E-state index in [0.29, 0.717) is 11.8 Å². The third-order valence-electron chi connectivity index (χ3n) is 17.3.